The molecule has 0 aliphatic rings. The third-order valence-electron chi connectivity index (χ3n) is 3.32. The van der Waals surface area contributed by atoms with Crippen molar-refractivity contribution in [3.05, 3.63) is 42.0 Å². The SMILES string of the molecule is C=C(C)CN(CC)CC(=O)Nc1ccccc1C(C)(C)C. The van der Waals surface area contributed by atoms with Crippen molar-refractivity contribution < 1.29 is 4.79 Å². The minimum Gasteiger partial charge on any atom is -0.325 e. The summed E-state index contributed by atoms with van der Waals surface area (Å²) < 4.78 is 0. The van der Waals surface area contributed by atoms with Crippen LogP contribution in [0, 0.1) is 0 Å². The Morgan fingerprint density at radius 3 is 2.38 bits per heavy atom. The highest BCUT2D eigenvalue weighted by Crippen LogP contribution is 2.29. The van der Waals surface area contributed by atoms with Crippen LogP contribution in [0.5, 0.6) is 0 Å². The molecule has 0 heterocycles. The van der Waals surface area contributed by atoms with Gasteiger partial charge in [-0.15, -0.1) is 0 Å². The van der Waals surface area contributed by atoms with Gasteiger partial charge in [0.2, 0.25) is 5.91 Å². The van der Waals surface area contributed by atoms with E-state index in [1.807, 2.05) is 25.1 Å². The van der Waals surface area contributed by atoms with E-state index in [0.717, 1.165) is 29.9 Å². The van der Waals surface area contributed by atoms with Crippen LogP contribution in [-0.4, -0.2) is 30.4 Å². The van der Waals surface area contributed by atoms with E-state index in [1.165, 1.54) is 0 Å². The molecule has 1 amide bonds. The van der Waals surface area contributed by atoms with Crippen LogP contribution in [0.4, 0.5) is 5.69 Å². The molecule has 0 unspecified atom stereocenters. The Kier molecular flexibility index (Phi) is 6.16. The average Bonchev–Trinajstić information content (AvgIpc) is 2.36. The molecule has 0 aromatic heterocycles. The molecule has 1 aromatic rings. The lowest BCUT2D eigenvalue weighted by molar-refractivity contribution is -0.117. The number of benzene rings is 1. The zero-order valence-corrected chi connectivity index (χ0v) is 14.0. The molecule has 0 spiro atoms. The molecule has 0 saturated heterocycles. The van der Waals surface area contributed by atoms with Gasteiger partial charge < -0.3 is 5.32 Å². The summed E-state index contributed by atoms with van der Waals surface area (Å²) in [6, 6.07) is 8.00. The number of rotatable bonds is 6. The van der Waals surface area contributed by atoms with Gasteiger partial charge in [-0.3, -0.25) is 9.69 Å². The van der Waals surface area contributed by atoms with Crippen LogP contribution >= 0.6 is 0 Å². The van der Waals surface area contributed by atoms with E-state index in [9.17, 15) is 4.79 Å². The second kappa shape index (κ2) is 7.41. The monoisotopic (exact) mass is 288 g/mol. The topological polar surface area (TPSA) is 32.3 Å². The van der Waals surface area contributed by atoms with Crippen molar-refractivity contribution in [3.8, 4) is 0 Å². The second-order valence-electron chi connectivity index (χ2n) is 6.60. The van der Waals surface area contributed by atoms with Crippen LogP contribution in [0.3, 0.4) is 0 Å². The number of carbonyl (C=O) groups is 1. The maximum atomic E-state index is 12.3. The molecule has 0 aliphatic heterocycles. The molecule has 0 saturated carbocycles. The fourth-order valence-electron chi connectivity index (χ4n) is 2.30. The highest BCUT2D eigenvalue weighted by atomic mass is 16.2. The number of nitrogens with zero attached hydrogens (tertiary/aromatic N) is 1. The Labute approximate surface area is 129 Å². The molecular weight excluding hydrogens is 260 g/mol. The lowest BCUT2D eigenvalue weighted by Gasteiger charge is -2.24. The minimum absolute atomic E-state index is 0.00597. The summed E-state index contributed by atoms with van der Waals surface area (Å²) in [7, 11) is 0. The minimum atomic E-state index is 0.00597. The van der Waals surface area contributed by atoms with Gasteiger partial charge in [-0.25, -0.2) is 0 Å². The zero-order chi connectivity index (χ0) is 16.0. The van der Waals surface area contributed by atoms with Gasteiger partial charge in [-0.1, -0.05) is 58.0 Å². The molecule has 1 N–H and O–H groups in total. The Morgan fingerprint density at radius 1 is 1.24 bits per heavy atom. The summed E-state index contributed by atoms with van der Waals surface area (Å²) >= 11 is 0. The van der Waals surface area contributed by atoms with Crippen LogP contribution in [0.25, 0.3) is 0 Å². The van der Waals surface area contributed by atoms with Crippen LogP contribution in [0.1, 0.15) is 40.2 Å². The first kappa shape index (κ1) is 17.4. The van der Waals surface area contributed by atoms with Crippen molar-refractivity contribution in [2.75, 3.05) is 25.0 Å². The molecule has 0 aliphatic carbocycles. The molecule has 1 aromatic carbocycles. The molecule has 3 nitrogen and oxygen atoms in total. The first-order valence-corrected chi connectivity index (χ1v) is 7.50. The van der Waals surface area contributed by atoms with Crippen LogP contribution in [0.15, 0.2) is 36.4 Å². The Hall–Kier alpha value is -1.61. The van der Waals surface area contributed by atoms with E-state index >= 15 is 0 Å². The largest absolute Gasteiger partial charge is 0.325 e. The van der Waals surface area contributed by atoms with Crippen molar-refractivity contribution in [3.63, 3.8) is 0 Å². The van der Waals surface area contributed by atoms with Crippen LogP contribution in [-0.2, 0) is 10.2 Å². The Balaban J connectivity index is 2.77. The van der Waals surface area contributed by atoms with Gasteiger partial charge in [0.15, 0.2) is 0 Å². The number of nitrogens with one attached hydrogen (secondary N) is 1. The van der Waals surface area contributed by atoms with Crippen LogP contribution < -0.4 is 5.32 Å². The normalized spacial score (nSPS) is 11.5. The lowest BCUT2D eigenvalue weighted by atomic mass is 9.86. The highest BCUT2D eigenvalue weighted by molar-refractivity contribution is 5.93. The third-order valence-corrected chi connectivity index (χ3v) is 3.32. The first-order valence-electron chi connectivity index (χ1n) is 7.50. The summed E-state index contributed by atoms with van der Waals surface area (Å²) in [5.74, 6) is 0.0230. The molecule has 1 rings (SSSR count). The molecular formula is C18H28N2O. The number of hydrogen-bond donors (Lipinski definition) is 1. The molecule has 0 atom stereocenters. The molecule has 0 fully saturated rings. The molecule has 21 heavy (non-hydrogen) atoms. The number of anilines is 1. The van der Waals surface area contributed by atoms with E-state index in [1.54, 1.807) is 0 Å². The Bertz CT molecular complexity index is 500. The molecule has 3 heteroatoms. The number of para-hydroxylation sites is 1. The predicted octanol–water partition coefficient (Wildman–Crippen LogP) is 3.82. The molecule has 116 valence electrons. The number of likely N-dealkylation sites (N-methyl/N-ethyl adjacent to an activating group) is 1. The van der Waals surface area contributed by atoms with E-state index in [0.29, 0.717) is 6.54 Å². The van der Waals surface area contributed by atoms with E-state index in [-0.39, 0.29) is 11.3 Å². The summed E-state index contributed by atoms with van der Waals surface area (Å²) in [4.78, 5) is 14.3. The highest BCUT2D eigenvalue weighted by Gasteiger charge is 2.19. The maximum absolute atomic E-state index is 12.3. The van der Waals surface area contributed by atoms with Crippen molar-refractivity contribution in [2.24, 2.45) is 0 Å². The van der Waals surface area contributed by atoms with Gasteiger partial charge in [0, 0.05) is 12.2 Å². The van der Waals surface area contributed by atoms with Gasteiger partial charge in [0.05, 0.1) is 6.54 Å². The second-order valence-corrected chi connectivity index (χ2v) is 6.60. The maximum Gasteiger partial charge on any atom is 0.238 e. The van der Waals surface area contributed by atoms with Gasteiger partial charge in [-0.2, -0.15) is 0 Å². The van der Waals surface area contributed by atoms with Crippen molar-refractivity contribution in [2.45, 2.75) is 40.0 Å². The first-order chi connectivity index (χ1) is 9.74. The summed E-state index contributed by atoms with van der Waals surface area (Å²) in [5.41, 5.74) is 3.13. The quantitative estimate of drug-likeness (QED) is 0.807. The Morgan fingerprint density at radius 2 is 1.86 bits per heavy atom. The lowest BCUT2D eigenvalue weighted by Crippen LogP contribution is -2.34. The van der Waals surface area contributed by atoms with Gasteiger partial charge in [-0.05, 0) is 30.5 Å². The van der Waals surface area contributed by atoms with E-state index in [4.69, 9.17) is 0 Å². The zero-order valence-electron chi connectivity index (χ0n) is 14.0. The number of hydrogen-bond acceptors (Lipinski definition) is 2. The summed E-state index contributed by atoms with van der Waals surface area (Å²) in [6.07, 6.45) is 0. The predicted molar refractivity (Wildman–Crippen MR) is 90.7 cm³/mol. The summed E-state index contributed by atoms with van der Waals surface area (Å²) in [6.45, 7) is 16.4. The van der Waals surface area contributed by atoms with Gasteiger partial charge in [0.25, 0.3) is 0 Å². The van der Waals surface area contributed by atoms with E-state index < -0.39 is 0 Å². The van der Waals surface area contributed by atoms with Crippen molar-refractivity contribution >= 4 is 11.6 Å². The fourth-order valence-corrected chi connectivity index (χ4v) is 2.30. The van der Waals surface area contributed by atoms with Crippen molar-refractivity contribution in [1.29, 1.82) is 0 Å². The average molecular weight is 288 g/mol. The van der Waals surface area contributed by atoms with Crippen LogP contribution in [0.2, 0.25) is 0 Å². The molecule has 0 bridgehead atoms. The fraction of sp³-hybridized carbons (Fsp3) is 0.500. The van der Waals surface area contributed by atoms with Crippen molar-refractivity contribution in [1.82, 2.24) is 4.90 Å². The standard InChI is InChI=1S/C18H28N2O/c1-7-20(12-14(2)3)13-17(21)19-16-11-9-8-10-15(16)18(4,5)6/h8-11H,2,7,12-13H2,1,3-6H3,(H,19,21). The van der Waals surface area contributed by atoms with Gasteiger partial charge >= 0.3 is 0 Å². The molecule has 0 radical (unpaired) electrons. The number of carbonyl (C=O) groups excluding carboxylic acids is 1. The third kappa shape index (κ3) is 5.72. The number of amides is 1. The summed E-state index contributed by atoms with van der Waals surface area (Å²) in [5, 5.41) is 3.04. The van der Waals surface area contributed by atoms with E-state index in [2.05, 4.69) is 50.6 Å². The van der Waals surface area contributed by atoms with Gasteiger partial charge in [0.1, 0.15) is 0 Å². The smallest absolute Gasteiger partial charge is 0.238 e.